The van der Waals surface area contributed by atoms with Crippen LogP contribution in [0.2, 0.25) is 0 Å². The summed E-state index contributed by atoms with van der Waals surface area (Å²) in [6, 6.07) is 5.02. The van der Waals surface area contributed by atoms with Gasteiger partial charge in [-0.05, 0) is 31.6 Å². The van der Waals surface area contributed by atoms with E-state index in [2.05, 4.69) is 5.32 Å². The zero-order valence-electron chi connectivity index (χ0n) is 8.24. The zero-order valence-corrected chi connectivity index (χ0v) is 8.24. The molecule has 0 aliphatic heterocycles. The molecular formula is C11H13NO2. The average molecular weight is 191 g/mol. The molecule has 0 heterocycles. The standard InChI is InChI=1S/C11H13NO2/c1-3-4-11(14)12-9-6-5-8(2)10(13)7-9/h3-7,13H,1-2H3,(H,12,14). The van der Waals surface area contributed by atoms with Crippen LogP contribution in [-0.2, 0) is 4.79 Å². The number of phenols is 1. The van der Waals surface area contributed by atoms with Gasteiger partial charge >= 0.3 is 0 Å². The van der Waals surface area contributed by atoms with Gasteiger partial charge in [-0.3, -0.25) is 4.79 Å². The van der Waals surface area contributed by atoms with Crippen molar-refractivity contribution in [3.05, 3.63) is 35.9 Å². The molecule has 3 heteroatoms. The normalized spacial score (nSPS) is 10.4. The molecule has 0 fully saturated rings. The summed E-state index contributed by atoms with van der Waals surface area (Å²) >= 11 is 0. The number of rotatable bonds is 2. The molecule has 1 aromatic rings. The van der Waals surface area contributed by atoms with Gasteiger partial charge in [0.2, 0.25) is 5.91 Å². The first kappa shape index (κ1) is 10.3. The predicted molar refractivity (Wildman–Crippen MR) is 56.3 cm³/mol. The highest BCUT2D eigenvalue weighted by Gasteiger charge is 2.00. The quantitative estimate of drug-likeness (QED) is 0.704. The number of anilines is 1. The Morgan fingerprint density at radius 2 is 2.21 bits per heavy atom. The van der Waals surface area contributed by atoms with Crippen molar-refractivity contribution < 1.29 is 9.90 Å². The van der Waals surface area contributed by atoms with Gasteiger partial charge in [0, 0.05) is 11.8 Å². The molecule has 14 heavy (non-hydrogen) atoms. The number of benzene rings is 1. The van der Waals surface area contributed by atoms with Gasteiger partial charge in [-0.2, -0.15) is 0 Å². The van der Waals surface area contributed by atoms with Crippen molar-refractivity contribution >= 4 is 11.6 Å². The third kappa shape index (κ3) is 2.62. The Kier molecular flexibility index (Phi) is 3.29. The summed E-state index contributed by atoms with van der Waals surface area (Å²) in [4.78, 5) is 11.1. The van der Waals surface area contributed by atoms with Crippen LogP contribution in [0.25, 0.3) is 0 Å². The maximum Gasteiger partial charge on any atom is 0.248 e. The Balaban J connectivity index is 2.78. The molecule has 0 spiro atoms. The largest absolute Gasteiger partial charge is 0.508 e. The van der Waals surface area contributed by atoms with E-state index in [1.807, 2.05) is 0 Å². The maximum absolute atomic E-state index is 11.1. The fourth-order valence-electron chi connectivity index (χ4n) is 1.02. The van der Waals surface area contributed by atoms with E-state index in [4.69, 9.17) is 0 Å². The molecule has 0 saturated heterocycles. The number of aryl methyl sites for hydroxylation is 1. The summed E-state index contributed by atoms with van der Waals surface area (Å²) in [7, 11) is 0. The van der Waals surface area contributed by atoms with Crippen LogP contribution in [0, 0.1) is 6.92 Å². The average Bonchev–Trinajstić information content (AvgIpc) is 2.12. The lowest BCUT2D eigenvalue weighted by molar-refractivity contribution is -0.111. The summed E-state index contributed by atoms with van der Waals surface area (Å²) < 4.78 is 0. The van der Waals surface area contributed by atoms with Crippen LogP contribution >= 0.6 is 0 Å². The number of nitrogens with one attached hydrogen (secondary N) is 1. The number of allylic oxidation sites excluding steroid dienone is 1. The smallest absolute Gasteiger partial charge is 0.248 e. The van der Waals surface area contributed by atoms with Gasteiger partial charge in [-0.25, -0.2) is 0 Å². The second-order valence-electron chi connectivity index (χ2n) is 2.99. The van der Waals surface area contributed by atoms with Gasteiger partial charge in [0.25, 0.3) is 0 Å². The Morgan fingerprint density at radius 1 is 1.50 bits per heavy atom. The highest BCUT2D eigenvalue weighted by molar-refractivity contribution is 5.99. The van der Waals surface area contributed by atoms with Crippen molar-refractivity contribution in [3.63, 3.8) is 0 Å². The molecular weight excluding hydrogens is 178 g/mol. The molecule has 1 aromatic carbocycles. The second-order valence-corrected chi connectivity index (χ2v) is 2.99. The minimum Gasteiger partial charge on any atom is -0.508 e. The first-order valence-electron chi connectivity index (χ1n) is 4.37. The second kappa shape index (κ2) is 4.46. The van der Waals surface area contributed by atoms with Crippen LogP contribution in [0.15, 0.2) is 30.4 Å². The van der Waals surface area contributed by atoms with Crippen LogP contribution in [0.4, 0.5) is 5.69 Å². The molecule has 1 rings (SSSR count). The van der Waals surface area contributed by atoms with Crippen LogP contribution in [-0.4, -0.2) is 11.0 Å². The topological polar surface area (TPSA) is 49.3 Å². The number of amides is 1. The van der Waals surface area contributed by atoms with E-state index in [0.29, 0.717) is 5.69 Å². The predicted octanol–water partition coefficient (Wildman–Crippen LogP) is 2.22. The highest BCUT2D eigenvalue weighted by atomic mass is 16.3. The summed E-state index contributed by atoms with van der Waals surface area (Å²) in [5.74, 6) is -0.0148. The van der Waals surface area contributed by atoms with Gasteiger partial charge in [-0.15, -0.1) is 0 Å². The molecule has 0 aromatic heterocycles. The number of carbonyl (C=O) groups is 1. The third-order valence-corrected chi connectivity index (χ3v) is 1.79. The molecule has 0 radical (unpaired) electrons. The molecule has 0 atom stereocenters. The summed E-state index contributed by atoms with van der Waals surface area (Å²) in [6.07, 6.45) is 3.08. The zero-order chi connectivity index (χ0) is 10.6. The minimum absolute atomic E-state index is 0.184. The first-order valence-corrected chi connectivity index (χ1v) is 4.37. The van der Waals surface area contributed by atoms with Crippen molar-refractivity contribution in [1.29, 1.82) is 0 Å². The Bertz CT molecular complexity index is 370. The van der Waals surface area contributed by atoms with Crippen LogP contribution in [0.1, 0.15) is 12.5 Å². The monoisotopic (exact) mass is 191 g/mol. The number of carbonyl (C=O) groups excluding carboxylic acids is 1. The van der Waals surface area contributed by atoms with Gasteiger partial charge in [-0.1, -0.05) is 12.1 Å². The summed E-state index contributed by atoms with van der Waals surface area (Å²) in [6.45, 7) is 3.57. The summed E-state index contributed by atoms with van der Waals surface area (Å²) in [5.41, 5.74) is 1.38. The van der Waals surface area contributed by atoms with Gasteiger partial charge in [0.05, 0.1) is 0 Å². The van der Waals surface area contributed by atoms with Crippen molar-refractivity contribution in [2.75, 3.05) is 5.32 Å². The number of hydrogen-bond acceptors (Lipinski definition) is 2. The van der Waals surface area contributed by atoms with E-state index < -0.39 is 0 Å². The molecule has 0 saturated carbocycles. The molecule has 0 aliphatic rings. The fourth-order valence-corrected chi connectivity index (χ4v) is 1.02. The Labute approximate surface area is 83.1 Å². The van der Waals surface area contributed by atoms with Crippen molar-refractivity contribution in [2.24, 2.45) is 0 Å². The molecule has 2 N–H and O–H groups in total. The van der Waals surface area contributed by atoms with Crippen LogP contribution in [0.5, 0.6) is 5.75 Å². The number of aromatic hydroxyl groups is 1. The van der Waals surface area contributed by atoms with Gasteiger partial charge < -0.3 is 10.4 Å². The SMILES string of the molecule is CC=CC(=O)Nc1ccc(C)c(O)c1. The molecule has 0 bridgehead atoms. The lowest BCUT2D eigenvalue weighted by Gasteiger charge is -2.04. The van der Waals surface area contributed by atoms with E-state index in [0.717, 1.165) is 5.56 Å². The van der Waals surface area contributed by atoms with E-state index >= 15 is 0 Å². The van der Waals surface area contributed by atoms with E-state index in [1.165, 1.54) is 12.1 Å². The van der Waals surface area contributed by atoms with Crippen molar-refractivity contribution in [1.82, 2.24) is 0 Å². The van der Waals surface area contributed by atoms with Crippen LogP contribution in [0.3, 0.4) is 0 Å². The summed E-state index contributed by atoms with van der Waals surface area (Å²) in [5, 5.41) is 12.0. The Morgan fingerprint density at radius 3 is 2.79 bits per heavy atom. The Hall–Kier alpha value is -1.77. The van der Waals surface area contributed by atoms with Gasteiger partial charge in [0.15, 0.2) is 0 Å². The van der Waals surface area contributed by atoms with Crippen molar-refractivity contribution in [2.45, 2.75) is 13.8 Å². The van der Waals surface area contributed by atoms with E-state index in [9.17, 15) is 9.90 Å². The number of hydrogen-bond donors (Lipinski definition) is 2. The van der Waals surface area contributed by atoms with E-state index in [-0.39, 0.29) is 11.7 Å². The van der Waals surface area contributed by atoms with Gasteiger partial charge in [0.1, 0.15) is 5.75 Å². The first-order chi connectivity index (χ1) is 6.63. The molecule has 0 aliphatic carbocycles. The molecule has 0 unspecified atom stereocenters. The van der Waals surface area contributed by atoms with Crippen molar-refractivity contribution in [3.8, 4) is 5.75 Å². The maximum atomic E-state index is 11.1. The minimum atomic E-state index is -0.198. The molecule has 1 amide bonds. The molecule has 3 nitrogen and oxygen atoms in total. The fraction of sp³-hybridized carbons (Fsp3) is 0.182. The third-order valence-electron chi connectivity index (χ3n) is 1.79. The van der Waals surface area contributed by atoms with E-state index in [1.54, 1.807) is 32.1 Å². The lowest BCUT2D eigenvalue weighted by atomic mass is 10.2. The van der Waals surface area contributed by atoms with Crippen LogP contribution < -0.4 is 5.32 Å². The number of phenolic OH excluding ortho intramolecular Hbond substituents is 1. The lowest BCUT2D eigenvalue weighted by Crippen LogP contribution is -2.07. The molecule has 74 valence electrons. The highest BCUT2D eigenvalue weighted by Crippen LogP contribution is 2.20.